The normalized spacial score (nSPS) is 25.6. The third kappa shape index (κ3) is 16.8. The Bertz CT molecular complexity index is 2970. The van der Waals surface area contributed by atoms with Gasteiger partial charge >= 0.3 is 0 Å². The highest BCUT2D eigenvalue weighted by molar-refractivity contribution is 7.17. The molecule has 13 atom stereocenters. The second-order valence-corrected chi connectivity index (χ2v) is 22.9. The van der Waals surface area contributed by atoms with E-state index >= 15 is 0 Å². The number of aliphatic hydroxyl groups is 6. The van der Waals surface area contributed by atoms with E-state index in [4.69, 9.17) is 20.9 Å². The molecule has 3 saturated heterocycles. The zero-order valence-electron chi connectivity index (χ0n) is 48.1. The number of aromatic hydroxyl groups is 1. The van der Waals surface area contributed by atoms with Gasteiger partial charge in [-0.1, -0.05) is 62.6 Å². The molecule has 3 aliphatic heterocycles. The Morgan fingerprint density at radius 1 is 0.733 bits per heavy atom. The molecule has 27 nitrogen and oxygen atoms in total. The summed E-state index contributed by atoms with van der Waals surface area (Å²) in [5.74, 6) is -7.91. The zero-order chi connectivity index (χ0) is 62.4. The number of hydrogen-bond donors (Lipinski definition) is 14. The first-order valence-corrected chi connectivity index (χ1v) is 29.6. The van der Waals surface area contributed by atoms with Gasteiger partial charge < -0.3 is 93.1 Å². The van der Waals surface area contributed by atoms with Crippen molar-refractivity contribution in [2.75, 3.05) is 45.9 Å². The van der Waals surface area contributed by atoms with E-state index in [1.165, 1.54) is 48.6 Å². The van der Waals surface area contributed by atoms with Crippen molar-refractivity contribution < 1.29 is 78.8 Å². The number of rotatable bonds is 20. The highest BCUT2D eigenvalue weighted by Crippen LogP contribution is 2.32. The largest absolute Gasteiger partial charge is 0.504 e. The van der Waals surface area contributed by atoms with Crippen LogP contribution in [-0.4, -0.2) is 216 Å². The summed E-state index contributed by atoms with van der Waals surface area (Å²) in [7, 11) is 0. The SMILES string of the molecule is CCCCCCOc1ccc(-c2nnc(-c3ccc(C(=O)N[C@H]4C[C@@H](O)CNC(=O)[C@@H]5[C@@H](O)[C@@H](C)CN5C(=O)[C@H]([C@H](O)CCN)NC(=O)[C@H]([C@H](O)Cc5ccc(O)c(OCCN)c5)NC(=O)[C@@H]5C[C@@H](O)CN5C(=O)[C@H]([C@@H](C)O)NC4=O)cc3)s2)cc1. The molecular formula is C58H79N11O16S. The van der Waals surface area contributed by atoms with Gasteiger partial charge in [0, 0.05) is 68.0 Å². The molecule has 3 fully saturated rings. The van der Waals surface area contributed by atoms with Crippen molar-refractivity contribution in [3.8, 4) is 38.4 Å². The van der Waals surface area contributed by atoms with E-state index in [2.05, 4.69) is 43.7 Å². The number of phenols is 1. The number of carbonyl (C=O) groups excluding carboxylic acids is 7. The molecule has 7 rings (SSSR count). The number of aliphatic hydroxyl groups excluding tert-OH is 6. The number of aromatic nitrogens is 2. The van der Waals surface area contributed by atoms with Gasteiger partial charge in [-0.3, -0.25) is 33.6 Å². The van der Waals surface area contributed by atoms with Crippen LogP contribution in [0.3, 0.4) is 0 Å². The third-order valence-electron chi connectivity index (χ3n) is 15.2. The van der Waals surface area contributed by atoms with E-state index in [-0.39, 0.29) is 55.3 Å². The van der Waals surface area contributed by atoms with Crippen LogP contribution in [0.15, 0.2) is 66.7 Å². The second kappa shape index (κ2) is 30.8. The molecule has 468 valence electrons. The van der Waals surface area contributed by atoms with Crippen molar-refractivity contribution in [1.82, 2.24) is 46.6 Å². The average molecular weight is 1220 g/mol. The number of carbonyl (C=O) groups is 7. The molecule has 0 radical (unpaired) electrons. The molecular weight excluding hydrogens is 1140 g/mol. The summed E-state index contributed by atoms with van der Waals surface area (Å²) in [5.41, 5.74) is 13.1. The summed E-state index contributed by atoms with van der Waals surface area (Å²) in [5, 5.41) is 101. The van der Waals surface area contributed by atoms with Gasteiger partial charge in [0.05, 0.1) is 43.2 Å². The third-order valence-corrected chi connectivity index (χ3v) is 16.3. The number of hydrogen-bond acceptors (Lipinski definition) is 21. The van der Waals surface area contributed by atoms with E-state index in [9.17, 15) is 69.3 Å². The van der Waals surface area contributed by atoms with Crippen molar-refractivity contribution in [2.45, 2.75) is 145 Å². The summed E-state index contributed by atoms with van der Waals surface area (Å²) >= 11 is 1.31. The minimum atomic E-state index is -2.04. The number of benzene rings is 3. The van der Waals surface area contributed by atoms with Gasteiger partial charge in [0.15, 0.2) is 11.5 Å². The summed E-state index contributed by atoms with van der Waals surface area (Å²) < 4.78 is 11.4. The lowest BCUT2D eigenvalue weighted by molar-refractivity contribution is -0.147. The molecule has 28 heteroatoms. The highest BCUT2D eigenvalue weighted by Gasteiger charge is 2.50. The van der Waals surface area contributed by atoms with E-state index in [1.807, 2.05) is 24.3 Å². The Morgan fingerprint density at radius 3 is 2.03 bits per heavy atom. The summed E-state index contributed by atoms with van der Waals surface area (Å²) in [6.45, 7) is 3.84. The van der Waals surface area contributed by atoms with E-state index < -0.39 is 152 Å². The van der Waals surface area contributed by atoms with Crippen LogP contribution in [0.25, 0.3) is 21.1 Å². The number of ether oxygens (including phenoxy) is 2. The minimum absolute atomic E-state index is 0.00448. The fourth-order valence-corrected chi connectivity index (χ4v) is 11.3. The maximum Gasteiger partial charge on any atom is 0.251 e. The van der Waals surface area contributed by atoms with Crippen LogP contribution in [0.1, 0.15) is 81.6 Å². The Labute approximate surface area is 500 Å². The Hall–Kier alpha value is -7.41. The van der Waals surface area contributed by atoms with Gasteiger partial charge in [-0.15, -0.1) is 10.2 Å². The predicted molar refractivity (Wildman–Crippen MR) is 312 cm³/mol. The Balaban J connectivity index is 1.17. The second-order valence-electron chi connectivity index (χ2n) is 21.9. The first-order valence-electron chi connectivity index (χ1n) is 28.8. The topological polar surface area (TPSA) is 424 Å². The molecule has 0 saturated carbocycles. The molecule has 0 unspecified atom stereocenters. The molecule has 0 spiro atoms. The number of nitrogens with one attached hydrogen (secondary N) is 5. The first-order chi connectivity index (χ1) is 41.1. The fourth-order valence-electron chi connectivity index (χ4n) is 10.5. The molecule has 3 aromatic carbocycles. The number of phenolic OH excluding ortho intramolecular Hbond substituents is 1. The maximum atomic E-state index is 14.7. The van der Waals surface area contributed by atoms with Crippen molar-refractivity contribution in [3.63, 3.8) is 0 Å². The van der Waals surface area contributed by atoms with Crippen LogP contribution in [0, 0.1) is 5.92 Å². The molecule has 4 aromatic rings. The van der Waals surface area contributed by atoms with Crippen LogP contribution >= 0.6 is 11.3 Å². The molecule has 3 aliphatic rings. The van der Waals surface area contributed by atoms with Gasteiger partial charge in [0.25, 0.3) is 5.91 Å². The molecule has 7 amide bonds. The van der Waals surface area contributed by atoms with E-state index in [1.54, 1.807) is 12.1 Å². The lowest BCUT2D eigenvalue weighted by Gasteiger charge is -2.34. The minimum Gasteiger partial charge on any atom is -0.504 e. The molecule has 86 heavy (non-hydrogen) atoms. The lowest BCUT2D eigenvalue weighted by atomic mass is 9.98. The number of fused-ring (bicyclic) bond motifs is 2. The van der Waals surface area contributed by atoms with E-state index in [0.29, 0.717) is 22.2 Å². The Morgan fingerprint density at radius 2 is 1.38 bits per heavy atom. The molecule has 0 bridgehead atoms. The van der Waals surface area contributed by atoms with Crippen LogP contribution in [0.2, 0.25) is 0 Å². The summed E-state index contributed by atoms with van der Waals surface area (Å²) in [6.07, 6.45) is -7.50. The standard InChI is InChI=1S/C58H79N11O16S/c1-4-5-6-7-21-84-38-15-13-35(14-16-38)56-67-66-55(86-56)34-11-9-33(10-12-34)50(77)62-39-25-36(71)27-61-54(81)48-49(76)30(2)28-69(48)58(83)47(42(74)18-19-59)65-53(80)46(43(75)23-32-8-17-41(73)44(24-32)85-22-20-60)64-52(79)40-26-37(72)29-68(40)57(82)45(31(3)70)63-51(39)78/h8-17,24,30-31,36-37,39-40,42-43,45-49,70-76H,4-7,18-23,25-29,59-60H2,1-3H3,(H,61,81)(H,62,77)(H,63,78)(H,64,79)(H,65,80)/t30-,31+,36+,37+,39-,40-,42+,43+,45-,46-,47-,48-,49-/m0/s1. The van der Waals surface area contributed by atoms with Crippen molar-refractivity contribution >= 4 is 52.7 Å². The number of β-amino-alcohol motifs (C(OH)–C–C–N with tert-alkyl or cyclic N) is 1. The lowest BCUT2D eigenvalue weighted by Crippen LogP contribution is -2.64. The van der Waals surface area contributed by atoms with E-state index in [0.717, 1.165) is 53.7 Å². The monoisotopic (exact) mass is 1220 g/mol. The highest BCUT2D eigenvalue weighted by atomic mass is 32.1. The molecule has 1 aromatic heterocycles. The average Bonchev–Trinajstić information content (AvgIpc) is 2.60. The van der Waals surface area contributed by atoms with Crippen LogP contribution in [0.4, 0.5) is 0 Å². The quantitative estimate of drug-likeness (QED) is 0.0433. The number of nitrogens with two attached hydrogens (primary N) is 2. The number of unbranched alkanes of at least 4 members (excludes halogenated alkanes) is 3. The Kier molecular flexibility index (Phi) is 23.7. The number of amides is 7. The first kappa shape index (κ1) is 66.1. The zero-order valence-corrected chi connectivity index (χ0v) is 48.9. The van der Waals surface area contributed by atoms with Gasteiger partial charge in [0.1, 0.15) is 58.6 Å². The van der Waals surface area contributed by atoms with Gasteiger partial charge in [-0.25, -0.2) is 0 Å². The summed E-state index contributed by atoms with van der Waals surface area (Å²) in [4.78, 5) is 103. The molecule has 4 heterocycles. The smallest absolute Gasteiger partial charge is 0.251 e. The van der Waals surface area contributed by atoms with Crippen LogP contribution < -0.4 is 47.5 Å². The number of nitrogens with zero attached hydrogens (tertiary/aromatic N) is 4. The maximum absolute atomic E-state index is 14.7. The molecule has 0 aliphatic carbocycles. The van der Waals surface area contributed by atoms with Crippen molar-refractivity contribution in [2.24, 2.45) is 17.4 Å². The van der Waals surface area contributed by atoms with Crippen molar-refractivity contribution in [3.05, 3.63) is 77.9 Å². The van der Waals surface area contributed by atoms with Gasteiger partial charge in [0.2, 0.25) is 35.4 Å². The molecule has 16 N–H and O–H groups in total. The predicted octanol–water partition coefficient (Wildman–Crippen LogP) is -1.83. The van der Waals surface area contributed by atoms with Gasteiger partial charge in [-0.2, -0.15) is 0 Å². The summed E-state index contributed by atoms with van der Waals surface area (Å²) in [6, 6.07) is 6.70. The van der Waals surface area contributed by atoms with Crippen LogP contribution in [0.5, 0.6) is 17.2 Å². The van der Waals surface area contributed by atoms with Crippen molar-refractivity contribution in [1.29, 1.82) is 0 Å². The van der Waals surface area contributed by atoms with Crippen LogP contribution in [-0.2, 0) is 35.2 Å². The van der Waals surface area contributed by atoms with Gasteiger partial charge in [-0.05, 0) is 80.4 Å². The fraction of sp³-hybridized carbons (Fsp3) is 0.534.